The van der Waals surface area contributed by atoms with Gasteiger partial charge in [-0.1, -0.05) is 0 Å². The van der Waals surface area contributed by atoms with Crippen molar-refractivity contribution in [1.82, 2.24) is 0 Å². The van der Waals surface area contributed by atoms with E-state index < -0.39 is 0 Å². The fourth-order valence-electron chi connectivity index (χ4n) is 5.07. The molecule has 0 amide bonds. The van der Waals surface area contributed by atoms with Gasteiger partial charge in [0, 0.05) is 0 Å². The van der Waals surface area contributed by atoms with Crippen LogP contribution in [-0.2, 0) is 0 Å². The lowest BCUT2D eigenvalue weighted by Gasteiger charge is -2.32. The van der Waals surface area contributed by atoms with Gasteiger partial charge in [-0.3, -0.25) is 0 Å². The molecule has 1 heteroatoms. The van der Waals surface area contributed by atoms with Gasteiger partial charge in [0.1, 0.15) is 0 Å². The fraction of sp³-hybridized carbons (Fsp3) is 1.00. The summed E-state index contributed by atoms with van der Waals surface area (Å²) in [5, 5.41) is 0. The lowest BCUT2D eigenvalue weighted by molar-refractivity contribution is 0.154. The van der Waals surface area contributed by atoms with Gasteiger partial charge in [-0.2, -0.15) is 0 Å². The molecule has 7 aliphatic rings. The molecule has 0 spiro atoms. The maximum Gasteiger partial charge on any atom is -0.00119 e. The molecule has 4 bridgehead atoms. The van der Waals surface area contributed by atoms with Gasteiger partial charge in [0.2, 0.25) is 0 Å². The molecule has 2 unspecified atom stereocenters. The van der Waals surface area contributed by atoms with Crippen LogP contribution in [0.15, 0.2) is 0 Å². The van der Waals surface area contributed by atoms with Crippen LogP contribution in [0.3, 0.4) is 0 Å². The average molecular weight is 133 g/mol. The summed E-state index contributed by atoms with van der Waals surface area (Å²) in [5.74, 6) is 8.47. The third-order valence-corrected chi connectivity index (χ3v) is 5.54. The van der Waals surface area contributed by atoms with Crippen molar-refractivity contribution in [3.63, 3.8) is 0 Å². The predicted molar refractivity (Wildman–Crippen MR) is 35.9 cm³/mol. The summed E-state index contributed by atoms with van der Waals surface area (Å²) in [5.41, 5.74) is 6.58. The van der Waals surface area contributed by atoms with Crippen molar-refractivity contribution in [2.24, 2.45) is 52.6 Å². The quantitative estimate of drug-likeness (QED) is 0.547. The van der Waals surface area contributed by atoms with E-state index in [0.717, 1.165) is 12.0 Å². The van der Waals surface area contributed by atoms with Crippen LogP contribution in [0, 0.1) is 46.8 Å². The van der Waals surface area contributed by atoms with E-state index in [2.05, 4.69) is 0 Å². The molecule has 52 valence electrons. The highest BCUT2D eigenvalue weighted by Gasteiger charge is 3.03. The predicted octanol–water partition coefficient (Wildman–Crippen LogP) is 0.313. The number of hydrogen-bond acceptors (Lipinski definition) is 1. The monoisotopic (exact) mass is 133 g/mol. The van der Waals surface area contributed by atoms with E-state index in [1.54, 1.807) is 0 Å². The smallest absolute Gasteiger partial charge is 0.00119 e. The van der Waals surface area contributed by atoms with E-state index in [9.17, 15) is 0 Å². The molecule has 0 aromatic rings. The van der Waals surface area contributed by atoms with Crippen LogP contribution in [0.25, 0.3) is 0 Å². The Morgan fingerprint density at radius 1 is 0.900 bits per heavy atom. The molecule has 0 aromatic carbocycles. The summed E-state index contributed by atoms with van der Waals surface area (Å²) < 4.78 is 0. The van der Waals surface area contributed by atoms with Crippen molar-refractivity contribution < 1.29 is 0 Å². The van der Waals surface area contributed by atoms with E-state index >= 15 is 0 Å². The molecule has 0 heterocycles. The van der Waals surface area contributed by atoms with Crippen LogP contribution in [0.2, 0.25) is 0 Å². The van der Waals surface area contributed by atoms with Gasteiger partial charge in [0.05, 0.1) is 0 Å². The SMILES string of the molecule is NCC12C3C4C5C4C5C1C32. The highest BCUT2D eigenvalue weighted by molar-refractivity contribution is 5.50. The maximum absolute atomic E-state index is 5.79. The Labute approximate surface area is 60.0 Å². The zero-order chi connectivity index (χ0) is 6.25. The third-order valence-electron chi connectivity index (χ3n) is 5.54. The Morgan fingerprint density at radius 3 is 1.90 bits per heavy atom. The summed E-state index contributed by atoms with van der Waals surface area (Å²) in [6, 6.07) is 0. The van der Waals surface area contributed by atoms with Crippen LogP contribution >= 0.6 is 0 Å². The summed E-state index contributed by atoms with van der Waals surface area (Å²) in [6.45, 7) is 1.03. The molecule has 1 nitrogen and oxygen atoms in total. The van der Waals surface area contributed by atoms with Crippen molar-refractivity contribution in [2.45, 2.75) is 0 Å². The number of hydrogen-bond donors (Lipinski definition) is 1. The van der Waals surface area contributed by atoms with Crippen LogP contribution in [0.5, 0.6) is 0 Å². The van der Waals surface area contributed by atoms with E-state index in [0.29, 0.717) is 0 Å². The molecular weight excluding hydrogens is 122 g/mol. The normalized spacial score (nSPS) is 96.3. The molecule has 2 atom stereocenters. The highest BCUT2D eigenvalue weighted by Crippen LogP contribution is 3.05. The molecule has 7 saturated carbocycles. The fourth-order valence-corrected chi connectivity index (χ4v) is 5.07. The van der Waals surface area contributed by atoms with Crippen molar-refractivity contribution in [3.8, 4) is 0 Å². The van der Waals surface area contributed by atoms with E-state index in [4.69, 9.17) is 5.73 Å². The molecule has 0 saturated heterocycles. The van der Waals surface area contributed by atoms with Gasteiger partial charge in [-0.15, -0.1) is 0 Å². The molecule has 2 N–H and O–H groups in total. The summed E-state index contributed by atoms with van der Waals surface area (Å²) in [4.78, 5) is 0. The zero-order valence-corrected chi connectivity index (χ0v) is 5.83. The van der Waals surface area contributed by atoms with Crippen molar-refractivity contribution in [3.05, 3.63) is 0 Å². The maximum atomic E-state index is 5.79. The molecule has 0 aromatic heterocycles. The minimum atomic E-state index is 0.791. The molecule has 0 aliphatic heterocycles. The van der Waals surface area contributed by atoms with Gasteiger partial charge in [-0.05, 0) is 53.4 Å². The Kier molecular flexibility index (Phi) is 0.298. The molecular formula is C9H11N. The lowest BCUT2D eigenvalue weighted by Crippen LogP contribution is -2.32. The first-order valence-corrected chi connectivity index (χ1v) is 4.63. The molecule has 0 radical (unpaired) electrons. The van der Waals surface area contributed by atoms with Gasteiger partial charge >= 0.3 is 0 Å². The molecule has 7 fully saturated rings. The van der Waals surface area contributed by atoms with Gasteiger partial charge < -0.3 is 5.73 Å². The van der Waals surface area contributed by atoms with Gasteiger partial charge in [0.25, 0.3) is 0 Å². The molecule has 7 rings (SSSR count). The van der Waals surface area contributed by atoms with E-state index in [1.807, 2.05) is 0 Å². The van der Waals surface area contributed by atoms with E-state index in [1.165, 1.54) is 41.4 Å². The summed E-state index contributed by atoms with van der Waals surface area (Å²) in [6.07, 6.45) is 0. The van der Waals surface area contributed by atoms with E-state index in [-0.39, 0.29) is 0 Å². The standard InChI is InChI=1S/C9H11N/c10-1-9-6-4-2-3(4)5(2)7(9)8(6)9/h2-8H,1,10H2. The van der Waals surface area contributed by atoms with Crippen LogP contribution in [0.4, 0.5) is 0 Å². The Morgan fingerprint density at radius 2 is 1.50 bits per heavy atom. The second-order valence-electron chi connectivity index (χ2n) is 5.20. The lowest BCUT2D eigenvalue weighted by atomic mass is 9.73. The van der Waals surface area contributed by atoms with Crippen LogP contribution in [-0.4, -0.2) is 6.54 Å². The largest absolute Gasteiger partial charge is 0.330 e. The average Bonchev–Trinajstić information content (AvgIpc) is 2.78. The second kappa shape index (κ2) is 0.726. The third kappa shape index (κ3) is 0.161. The topological polar surface area (TPSA) is 26.0 Å². The number of rotatable bonds is 1. The van der Waals surface area contributed by atoms with Crippen LogP contribution in [0.1, 0.15) is 0 Å². The van der Waals surface area contributed by atoms with Crippen molar-refractivity contribution >= 4 is 0 Å². The Balaban J connectivity index is 1.72. The van der Waals surface area contributed by atoms with Gasteiger partial charge in [0.15, 0.2) is 0 Å². The zero-order valence-electron chi connectivity index (χ0n) is 5.83. The highest BCUT2D eigenvalue weighted by atomic mass is 15.1. The van der Waals surface area contributed by atoms with Crippen LogP contribution < -0.4 is 5.73 Å². The molecule has 7 aliphatic carbocycles. The summed E-state index contributed by atoms with van der Waals surface area (Å²) in [7, 11) is 0. The first-order valence-electron chi connectivity index (χ1n) is 4.63. The van der Waals surface area contributed by atoms with Crippen molar-refractivity contribution in [1.29, 1.82) is 0 Å². The minimum absolute atomic E-state index is 0.791. The van der Waals surface area contributed by atoms with Crippen molar-refractivity contribution in [2.75, 3.05) is 6.54 Å². The Bertz CT molecular complexity index is 242. The Hall–Kier alpha value is -0.0400. The molecule has 10 heavy (non-hydrogen) atoms. The first kappa shape index (κ1) is 4.10. The second-order valence-corrected chi connectivity index (χ2v) is 5.20. The first-order chi connectivity index (χ1) is 4.93. The summed E-state index contributed by atoms with van der Waals surface area (Å²) >= 11 is 0. The van der Waals surface area contributed by atoms with Gasteiger partial charge in [-0.25, -0.2) is 0 Å². The number of nitrogens with two attached hydrogens (primary N) is 1. The minimum Gasteiger partial charge on any atom is -0.330 e.